The molecule has 1 aliphatic heterocycles. The van der Waals surface area contributed by atoms with Gasteiger partial charge < -0.3 is 44.5 Å². The fraction of sp³-hybridized carbons (Fsp3) is 0.409. The van der Waals surface area contributed by atoms with Crippen molar-refractivity contribution in [2.75, 3.05) is 6.61 Å². The molecule has 10 nitrogen and oxygen atoms in total. The van der Waals surface area contributed by atoms with Gasteiger partial charge in [-0.1, -0.05) is 13.0 Å². The average molecular weight is 448 g/mol. The van der Waals surface area contributed by atoms with Crippen molar-refractivity contribution >= 4 is 16.5 Å². The highest BCUT2D eigenvalue weighted by atomic mass is 16.7. The molecule has 2 heterocycles. The molecule has 6 unspecified atom stereocenters. The first kappa shape index (κ1) is 22.3. The molecule has 1 aromatic heterocycles. The first-order valence-electron chi connectivity index (χ1n) is 10.1. The van der Waals surface area contributed by atoms with Gasteiger partial charge in [0.15, 0.2) is 5.43 Å². The number of hydrogen-bond donors (Lipinski definition) is 6. The summed E-state index contributed by atoms with van der Waals surface area (Å²) in [4.78, 5) is 12.6. The molecule has 0 spiro atoms. The molecule has 172 valence electrons. The van der Waals surface area contributed by atoms with Crippen molar-refractivity contribution in [3.63, 3.8) is 0 Å². The van der Waals surface area contributed by atoms with Crippen LogP contribution in [0.2, 0.25) is 0 Å². The van der Waals surface area contributed by atoms with E-state index in [0.29, 0.717) is 12.0 Å². The standard InChI is InChI=1S/C22H24O10/c1-9-4-10(24)2-3-12(9)15-7-14(26)18-13(25)5-11(6-16(18)31-15)30-22-21(29)20(28)19(27)17(8-23)32-22/h2-3,5-7,9,17,19-25,27-29H,4,8H2,1H3. The van der Waals surface area contributed by atoms with Gasteiger partial charge in [0.25, 0.3) is 0 Å². The van der Waals surface area contributed by atoms with E-state index >= 15 is 0 Å². The number of allylic oxidation sites excluding steroid dienone is 4. The Bertz CT molecular complexity index is 1130. The maximum Gasteiger partial charge on any atom is 0.229 e. The summed E-state index contributed by atoms with van der Waals surface area (Å²) in [6.45, 7) is 1.25. The summed E-state index contributed by atoms with van der Waals surface area (Å²) < 4.78 is 16.7. The summed E-state index contributed by atoms with van der Waals surface area (Å²) >= 11 is 0. The van der Waals surface area contributed by atoms with Crippen LogP contribution in [-0.4, -0.2) is 68.0 Å². The lowest BCUT2D eigenvalue weighted by atomic mass is 9.90. The number of aliphatic hydroxyl groups excluding tert-OH is 5. The molecular formula is C22H24O10. The Hall–Kier alpha value is -2.89. The van der Waals surface area contributed by atoms with Gasteiger partial charge in [0.1, 0.15) is 52.6 Å². The van der Waals surface area contributed by atoms with Crippen molar-refractivity contribution < 1.29 is 44.5 Å². The van der Waals surface area contributed by atoms with Crippen LogP contribution in [0, 0.1) is 5.92 Å². The third kappa shape index (κ3) is 3.98. The van der Waals surface area contributed by atoms with E-state index in [2.05, 4.69) is 0 Å². The molecule has 32 heavy (non-hydrogen) atoms. The van der Waals surface area contributed by atoms with Gasteiger partial charge in [-0.05, 0) is 17.6 Å². The van der Waals surface area contributed by atoms with E-state index in [1.54, 1.807) is 6.08 Å². The van der Waals surface area contributed by atoms with E-state index in [0.717, 1.165) is 6.07 Å². The number of ether oxygens (including phenoxy) is 2. The maximum absolute atomic E-state index is 12.6. The minimum absolute atomic E-state index is 0.0129. The highest BCUT2D eigenvalue weighted by Crippen LogP contribution is 2.35. The fourth-order valence-electron chi connectivity index (χ4n) is 3.92. The van der Waals surface area contributed by atoms with Gasteiger partial charge >= 0.3 is 0 Å². The first-order chi connectivity index (χ1) is 15.2. The molecule has 2 aliphatic rings. The van der Waals surface area contributed by atoms with Crippen molar-refractivity contribution in [1.82, 2.24) is 0 Å². The number of fused-ring (bicyclic) bond motifs is 1. The van der Waals surface area contributed by atoms with Crippen LogP contribution in [0.15, 0.2) is 45.3 Å². The Morgan fingerprint density at radius 1 is 1.06 bits per heavy atom. The van der Waals surface area contributed by atoms with E-state index in [-0.39, 0.29) is 34.2 Å². The number of rotatable bonds is 4. The second-order valence-electron chi connectivity index (χ2n) is 7.99. The Morgan fingerprint density at radius 3 is 2.50 bits per heavy atom. The van der Waals surface area contributed by atoms with Crippen LogP contribution in [0.25, 0.3) is 16.5 Å². The molecule has 10 heteroatoms. The normalized spacial score (nSPS) is 30.7. The van der Waals surface area contributed by atoms with Crippen LogP contribution in [0.5, 0.6) is 11.5 Å². The van der Waals surface area contributed by atoms with Crippen molar-refractivity contribution in [1.29, 1.82) is 0 Å². The van der Waals surface area contributed by atoms with Crippen molar-refractivity contribution in [2.24, 2.45) is 5.92 Å². The van der Waals surface area contributed by atoms with E-state index in [9.17, 15) is 35.4 Å². The van der Waals surface area contributed by atoms with E-state index in [4.69, 9.17) is 13.9 Å². The molecule has 6 N–H and O–H groups in total. The van der Waals surface area contributed by atoms with E-state index < -0.39 is 48.5 Å². The summed E-state index contributed by atoms with van der Waals surface area (Å²) in [5, 5.41) is 59.3. The Kier molecular flexibility index (Phi) is 5.97. The van der Waals surface area contributed by atoms with Crippen LogP contribution >= 0.6 is 0 Å². The summed E-state index contributed by atoms with van der Waals surface area (Å²) in [6, 6.07) is 3.71. The van der Waals surface area contributed by atoms with Gasteiger partial charge in [0.2, 0.25) is 6.29 Å². The molecule has 0 radical (unpaired) electrons. The zero-order valence-corrected chi connectivity index (χ0v) is 17.1. The number of phenolic OH excluding ortho intramolecular Hbond substituents is 1. The third-order valence-corrected chi connectivity index (χ3v) is 5.67. The lowest BCUT2D eigenvalue weighted by Crippen LogP contribution is -2.60. The summed E-state index contributed by atoms with van der Waals surface area (Å²) in [5.74, 6) is -0.0865. The van der Waals surface area contributed by atoms with Crippen molar-refractivity contribution in [2.45, 2.75) is 44.1 Å². The van der Waals surface area contributed by atoms with Crippen LogP contribution < -0.4 is 10.2 Å². The van der Waals surface area contributed by atoms with Gasteiger partial charge in [0, 0.05) is 24.6 Å². The average Bonchev–Trinajstić information content (AvgIpc) is 2.73. The number of phenols is 1. The molecule has 4 rings (SSSR count). The maximum atomic E-state index is 12.6. The van der Waals surface area contributed by atoms with Crippen molar-refractivity contribution in [3.05, 3.63) is 52.1 Å². The number of aliphatic hydroxyl groups is 5. The van der Waals surface area contributed by atoms with Gasteiger partial charge in [-0.3, -0.25) is 4.79 Å². The molecule has 6 atom stereocenters. The van der Waals surface area contributed by atoms with Crippen LogP contribution in [0.1, 0.15) is 19.1 Å². The SMILES string of the molecule is CC1CC(O)=CC=C1c1cc(=O)c2c(O)cc(OC3OC(CO)C(O)C(O)C3O)cc2o1. The van der Waals surface area contributed by atoms with Gasteiger partial charge in [-0.25, -0.2) is 0 Å². The van der Waals surface area contributed by atoms with E-state index in [1.165, 1.54) is 18.2 Å². The number of aromatic hydroxyl groups is 1. The van der Waals surface area contributed by atoms with Gasteiger partial charge in [-0.15, -0.1) is 0 Å². The van der Waals surface area contributed by atoms with Crippen molar-refractivity contribution in [3.8, 4) is 11.5 Å². The molecular weight excluding hydrogens is 424 g/mol. The first-order valence-corrected chi connectivity index (χ1v) is 10.1. The van der Waals surface area contributed by atoms with Crippen LogP contribution in [-0.2, 0) is 4.74 Å². The van der Waals surface area contributed by atoms with Gasteiger partial charge in [0.05, 0.1) is 12.4 Å². The molecule has 2 aromatic rings. The number of hydrogen-bond acceptors (Lipinski definition) is 10. The third-order valence-electron chi connectivity index (χ3n) is 5.67. The minimum atomic E-state index is -1.64. The topological polar surface area (TPSA) is 170 Å². The molecule has 1 fully saturated rings. The largest absolute Gasteiger partial charge is 0.512 e. The van der Waals surface area contributed by atoms with Gasteiger partial charge in [-0.2, -0.15) is 0 Å². The molecule has 0 amide bonds. The monoisotopic (exact) mass is 448 g/mol. The van der Waals surface area contributed by atoms with Crippen LogP contribution in [0.3, 0.4) is 0 Å². The predicted octanol–water partition coefficient (Wildman–Crippen LogP) is 0.542. The molecule has 1 aromatic carbocycles. The highest BCUT2D eigenvalue weighted by molar-refractivity contribution is 5.86. The molecule has 1 aliphatic carbocycles. The Morgan fingerprint density at radius 2 is 1.81 bits per heavy atom. The molecule has 1 saturated heterocycles. The molecule has 0 saturated carbocycles. The second-order valence-corrected chi connectivity index (χ2v) is 7.99. The Labute approximate surface area is 181 Å². The minimum Gasteiger partial charge on any atom is -0.512 e. The molecule has 0 bridgehead atoms. The lowest BCUT2D eigenvalue weighted by molar-refractivity contribution is -0.277. The zero-order valence-electron chi connectivity index (χ0n) is 17.1. The van der Waals surface area contributed by atoms with Crippen LogP contribution in [0.4, 0.5) is 0 Å². The lowest BCUT2D eigenvalue weighted by Gasteiger charge is -2.39. The smallest absolute Gasteiger partial charge is 0.229 e. The van der Waals surface area contributed by atoms with E-state index in [1.807, 2.05) is 6.92 Å². The predicted molar refractivity (Wildman–Crippen MR) is 111 cm³/mol. The number of benzene rings is 1. The fourth-order valence-corrected chi connectivity index (χ4v) is 3.92. The quantitative estimate of drug-likeness (QED) is 0.388. The summed E-state index contributed by atoms with van der Waals surface area (Å²) in [7, 11) is 0. The zero-order chi connectivity index (χ0) is 23.2. The summed E-state index contributed by atoms with van der Waals surface area (Å²) in [6.07, 6.45) is -3.88. The highest BCUT2D eigenvalue weighted by Gasteiger charge is 2.44. The Balaban J connectivity index is 1.71. The summed E-state index contributed by atoms with van der Waals surface area (Å²) in [5.41, 5.74) is 0.227. The second kappa shape index (κ2) is 8.57.